The fourth-order valence-electron chi connectivity index (χ4n) is 1.98. The highest BCUT2D eigenvalue weighted by Crippen LogP contribution is 2.39. The van der Waals surface area contributed by atoms with E-state index < -0.39 is 7.60 Å². The molecule has 1 aliphatic rings. The van der Waals surface area contributed by atoms with Gasteiger partial charge in [-0.2, -0.15) is 0 Å². The molecule has 0 aromatic heterocycles. The Bertz CT molecular complexity index is 401. The Hall–Kier alpha value is -0.830. The molecule has 2 rings (SSSR count). The topological polar surface area (TPSA) is 60.8 Å². The van der Waals surface area contributed by atoms with E-state index in [9.17, 15) is 4.57 Å². The molecule has 0 fully saturated rings. The molecule has 4 nitrogen and oxygen atoms in total. The van der Waals surface area contributed by atoms with E-state index in [1.165, 1.54) is 5.56 Å². The Morgan fingerprint density at radius 3 is 2.80 bits per heavy atom. The first-order chi connectivity index (χ1) is 7.06. The number of aryl methyl sites for hydroxylation is 1. The third-order valence-corrected chi connectivity index (χ3v) is 3.27. The largest absolute Gasteiger partial charge is 0.360 e. The van der Waals surface area contributed by atoms with Gasteiger partial charge in [0.1, 0.15) is 6.29 Å². The molecule has 1 aromatic carbocycles. The van der Waals surface area contributed by atoms with Crippen molar-refractivity contribution in [2.75, 3.05) is 17.7 Å². The van der Waals surface area contributed by atoms with Crippen molar-refractivity contribution >= 4 is 13.3 Å². The van der Waals surface area contributed by atoms with Crippen molar-refractivity contribution in [2.45, 2.75) is 12.8 Å². The van der Waals surface area contributed by atoms with Crippen LogP contribution in [0.15, 0.2) is 24.3 Å². The van der Waals surface area contributed by atoms with Crippen molar-refractivity contribution in [3.05, 3.63) is 29.8 Å². The van der Waals surface area contributed by atoms with Gasteiger partial charge >= 0.3 is 7.60 Å². The molecule has 0 aliphatic carbocycles. The first-order valence-corrected chi connectivity index (χ1v) is 6.73. The van der Waals surface area contributed by atoms with Crippen LogP contribution in [0.1, 0.15) is 12.0 Å². The lowest BCUT2D eigenvalue weighted by atomic mass is 10.0. The van der Waals surface area contributed by atoms with Crippen LogP contribution < -0.4 is 4.90 Å². The SMILES string of the molecule is O=P(O)(O)CN1CCCc2ccccc21. The van der Waals surface area contributed by atoms with Crippen LogP contribution in [0.25, 0.3) is 0 Å². The van der Waals surface area contributed by atoms with E-state index in [1.807, 2.05) is 24.3 Å². The fourth-order valence-corrected chi connectivity index (χ4v) is 2.72. The molecule has 2 N–H and O–H groups in total. The summed E-state index contributed by atoms with van der Waals surface area (Å²) in [4.78, 5) is 19.7. The molecule has 0 radical (unpaired) electrons. The summed E-state index contributed by atoms with van der Waals surface area (Å²) < 4.78 is 11.0. The van der Waals surface area contributed by atoms with Gasteiger partial charge in [0.2, 0.25) is 0 Å². The van der Waals surface area contributed by atoms with Crippen molar-refractivity contribution in [1.82, 2.24) is 0 Å². The molecule has 15 heavy (non-hydrogen) atoms. The summed E-state index contributed by atoms with van der Waals surface area (Å²) in [6.45, 7) is 0.724. The van der Waals surface area contributed by atoms with Gasteiger partial charge in [-0.15, -0.1) is 0 Å². The van der Waals surface area contributed by atoms with Crippen molar-refractivity contribution in [3.63, 3.8) is 0 Å². The number of benzene rings is 1. The van der Waals surface area contributed by atoms with Gasteiger partial charge in [-0.3, -0.25) is 4.57 Å². The van der Waals surface area contributed by atoms with Crippen LogP contribution in [-0.2, 0) is 11.0 Å². The molecule has 0 atom stereocenters. The molecule has 0 spiro atoms. The minimum atomic E-state index is -3.96. The third-order valence-electron chi connectivity index (χ3n) is 2.56. The van der Waals surface area contributed by atoms with E-state index in [4.69, 9.17) is 9.79 Å². The first-order valence-electron chi connectivity index (χ1n) is 4.94. The minimum absolute atomic E-state index is 0.177. The second-order valence-corrected chi connectivity index (χ2v) is 5.41. The van der Waals surface area contributed by atoms with Crippen molar-refractivity contribution in [1.29, 1.82) is 0 Å². The lowest BCUT2D eigenvalue weighted by molar-refractivity contribution is 0.371. The Kier molecular flexibility index (Phi) is 2.83. The monoisotopic (exact) mass is 227 g/mol. The number of fused-ring (bicyclic) bond motifs is 1. The molecular weight excluding hydrogens is 213 g/mol. The number of nitrogens with zero attached hydrogens (tertiary/aromatic N) is 1. The van der Waals surface area contributed by atoms with Gasteiger partial charge in [-0.05, 0) is 24.5 Å². The summed E-state index contributed by atoms with van der Waals surface area (Å²) in [5.41, 5.74) is 2.14. The summed E-state index contributed by atoms with van der Waals surface area (Å²) in [5.74, 6) is 0. The lowest BCUT2D eigenvalue weighted by Gasteiger charge is -2.31. The van der Waals surface area contributed by atoms with Crippen molar-refractivity contribution in [3.8, 4) is 0 Å². The van der Waals surface area contributed by atoms with E-state index in [2.05, 4.69) is 0 Å². The van der Waals surface area contributed by atoms with E-state index in [0.29, 0.717) is 0 Å². The Balaban J connectivity index is 2.26. The van der Waals surface area contributed by atoms with Gasteiger partial charge in [0.05, 0.1) is 0 Å². The molecule has 1 aromatic rings. The van der Waals surface area contributed by atoms with E-state index >= 15 is 0 Å². The van der Waals surface area contributed by atoms with Crippen LogP contribution in [0.4, 0.5) is 5.69 Å². The Labute approximate surface area is 88.7 Å². The van der Waals surface area contributed by atoms with Gasteiger partial charge in [-0.1, -0.05) is 18.2 Å². The predicted molar refractivity (Wildman–Crippen MR) is 59.0 cm³/mol. The number of rotatable bonds is 2. The van der Waals surface area contributed by atoms with Crippen molar-refractivity contribution < 1.29 is 14.4 Å². The molecule has 82 valence electrons. The maximum absolute atomic E-state index is 11.0. The maximum Gasteiger partial charge on any atom is 0.344 e. The summed E-state index contributed by atoms with van der Waals surface area (Å²) in [6.07, 6.45) is 1.77. The Morgan fingerprint density at radius 1 is 1.33 bits per heavy atom. The molecule has 0 bridgehead atoms. The van der Waals surface area contributed by atoms with Crippen LogP contribution in [0.2, 0.25) is 0 Å². The molecule has 0 amide bonds. The van der Waals surface area contributed by atoms with E-state index in [1.54, 1.807) is 4.90 Å². The summed E-state index contributed by atoms with van der Waals surface area (Å²) in [6, 6.07) is 7.79. The third kappa shape index (κ3) is 2.59. The smallest absolute Gasteiger partial charge is 0.344 e. The highest BCUT2D eigenvalue weighted by atomic mass is 31.2. The van der Waals surface area contributed by atoms with E-state index in [-0.39, 0.29) is 6.29 Å². The zero-order valence-corrected chi connectivity index (χ0v) is 9.23. The quantitative estimate of drug-likeness (QED) is 0.753. The van der Waals surface area contributed by atoms with Gasteiger partial charge < -0.3 is 14.7 Å². The maximum atomic E-state index is 11.0. The second kappa shape index (κ2) is 3.97. The number of hydrogen-bond acceptors (Lipinski definition) is 2. The number of para-hydroxylation sites is 1. The number of anilines is 1. The zero-order valence-electron chi connectivity index (χ0n) is 8.33. The van der Waals surface area contributed by atoms with Gasteiger partial charge in [0.15, 0.2) is 0 Å². The average molecular weight is 227 g/mol. The Morgan fingerprint density at radius 2 is 2.07 bits per heavy atom. The minimum Gasteiger partial charge on any atom is -0.360 e. The van der Waals surface area contributed by atoms with Gasteiger partial charge in [0, 0.05) is 12.2 Å². The van der Waals surface area contributed by atoms with E-state index in [0.717, 1.165) is 25.1 Å². The first kappa shape index (κ1) is 10.7. The normalized spacial score (nSPS) is 16.3. The standard InChI is InChI=1S/C10H14NO3P/c12-15(13,14)8-11-7-3-5-9-4-1-2-6-10(9)11/h1-2,4,6H,3,5,7-8H2,(H2,12,13,14). The van der Waals surface area contributed by atoms with Crippen LogP contribution in [0, 0.1) is 0 Å². The molecule has 1 heterocycles. The second-order valence-electron chi connectivity index (χ2n) is 3.80. The predicted octanol–water partition coefficient (Wildman–Crippen LogP) is 1.57. The lowest BCUT2D eigenvalue weighted by Crippen LogP contribution is -2.30. The zero-order chi connectivity index (χ0) is 10.9. The van der Waals surface area contributed by atoms with Crippen LogP contribution in [-0.4, -0.2) is 22.6 Å². The van der Waals surface area contributed by atoms with Gasteiger partial charge in [-0.25, -0.2) is 0 Å². The number of hydrogen-bond donors (Lipinski definition) is 2. The van der Waals surface area contributed by atoms with Crippen LogP contribution >= 0.6 is 7.60 Å². The van der Waals surface area contributed by atoms with Crippen LogP contribution in [0.3, 0.4) is 0 Å². The summed E-state index contributed by atoms with van der Waals surface area (Å²) >= 11 is 0. The summed E-state index contributed by atoms with van der Waals surface area (Å²) in [7, 11) is -3.96. The molecule has 0 saturated heterocycles. The fraction of sp³-hybridized carbons (Fsp3) is 0.400. The summed E-state index contributed by atoms with van der Waals surface area (Å²) in [5, 5.41) is 0. The highest BCUT2D eigenvalue weighted by Gasteiger charge is 2.23. The van der Waals surface area contributed by atoms with Crippen molar-refractivity contribution in [2.24, 2.45) is 0 Å². The molecular formula is C10H14NO3P. The molecule has 5 heteroatoms. The molecule has 1 aliphatic heterocycles. The molecule has 0 saturated carbocycles. The molecule has 0 unspecified atom stereocenters. The van der Waals surface area contributed by atoms with Crippen LogP contribution in [0.5, 0.6) is 0 Å². The van der Waals surface area contributed by atoms with Gasteiger partial charge in [0.25, 0.3) is 0 Å². The average Bonchev–Trinajstić information content (AvgIpc) is 2.16. The highest BCUT2D eigenvalue weighted by molar-refractivity contribution is 7.51.